The number of dihydropyridines is 1. The predicted molar refractivity (Wildman–Crippen MR) is 147 cm³/mol. The van der Waals surface area contributed by atoms with Crippen molar-refractivity contribution in [1.82, 2.24) is 5.32 Å². The van der Waals surface area contributed by atoms with E-state index in [1.807, 2.05) is 18.2 Å². The lowest BCUT2D eigenvalue weighted by Crippen LogP contribution is -2.43. The van der Waals surface area contributed by atoms with Gasteiger partial charge in [0, 0.05) is 28.4 Å². The Hall–Kier alpha value is -4.27. The summed E-state index contributed by atoms with van der Waals surface area (Å²) < 4.78 is 27.5. The van der Waals surface area contributed by atoms with Crippen molar-refractivity contribution in [3.8, 4) is 17.2 Å². The van der Waals surface area contributed by atoms with E-state index in [-0.39, 0.29) is 18.8 Å². The highest BCUT2D eigenvalue weighted by molar-refractivity contribution is 6.13. The molecule has 1 aliphatic carbocycles. The summed E-state index contributed by atoms with van der Waals surface area (Å²) in [5.41, 5.74) is 3.07. The highest BCUT2D eigenvalue weighted by Crippen LogP contribution is 2.51. The van der Waals surface area contributed by atoms with Crippen LogP contribution in [0.3, 0.4) is 0 Å². The van der Waals surface area contributed by atoms with Gasteiger partial charge in [-0.05, 0) is 51.0 Å². The maximum Gasteiger partial charge on any atom is 0.336 e. The Morgan fingerprint density at radius 2 is 1.68 bits per heavy atom. The molecule has 9 heteroatoms. The lowest BCUT2D eigenvalue weighted by Gasteiger charge is -2.39. The second-order valence-electron chi connectivity index (χ2n) is 9.47. The molecule has 40 heavy (non-hydrogen) atoms. The molecule has 4 rings (SSSR count). The molecule has 0 saturated carbocycles. The number of methoxy groups -OCH3 is 3. The molecule has 1 aliphatic heterocycles. The minimum Gasteiger partial charge on any atom is -0.497 e. The van der Waals surface area contributed by atoms with E-state index >= 15 is 0 Å². The molecular weight excluding hydrogens is 514 g/mol. The van der Waals surface area contributed by atoms with Crippen LogP contribution in [0.1, 0.15) is 50.2 Å². The van der Waals surface area contributed by atoms with Crippen molar-refractivity contribution in [2.45, 2.75) is 39.0 Å². The third-order valence-corrected chi connectivity index (χ3v) is 7.32. The van der Waals surface area contributed by atoms with E-state index in [0.29, 0.717) is 46.2 Å². The van der Waals surface area contributed by atoms with Crippen molar-refractivity contribution in [3.05, 3.63) is 76.1 Å². The number of Topliss-reactive ketones (excluding diaryl/α,β-unsaturated/α-hetero) is 1. The lowest BCUT2D eigenvalue weighted by atomic mass is 9.67. The van der Waals surface area contributed by atoms with Gasteiger partial charge in [-0.3, -0.25) is 9.59 Å². The Kier molecular flexibility index (Phi) is 8.82. The third-order valence-electron chi connectivity index (χ3n) is 7.32. The van der Waals surface area contributed by atoms with E-state index in [2.05, 4.69) is 5.32 Å². The molecular formula is C31H35NO8. The summed E-state index contributed by atoms with van der Waals surface area (Å²) in [6, 6.07) is 12.6. The van der Waals surface area contributed by atoms with Crippen LogP contribution in [-0.2, 0) is 23.9 Å². The van der Waals surface area contributed by atoms with Gasteiger partial charge in [-0.15, -0.1) is 0 Å². The molecule has 0 unspecified atom stereocenters. The molecule has 0 fully saturated rings. The van der Waals surface area contributed by atoms with Crippen LogP contribution in [0.2, 0.25) is 0 Å². The van der Waals surface area contributed by atoms with E-state index in [0.717, 1.165) is 5.56 Å². The van der Waals surface area contributed by atoms with Crippen LogP contribution < -0.4 is 19.5 Å². The highest BCUT2D eigenvalue weighted by atomic mass is 16.5. The molecule has 2 aliphatic rings. The minimum absolute atomic E-state index is 0.123. The largest absolute Gasteiger partial charge is 0.497 e. The molecule has 9 nitrogen and oxygen atoms in total. The first-order chi connectivity index (χ1) is 19.3. The summed E-state index contributed by atoms with van der Waals surface area (Å²) >= 11 is 0. The zero-order chi connectivity index (χ0) is 29.0. The second kappa shape index (κ2) is 12.3. The van der Waals surface area contributed by atoms with Gasteiger partial charge in [0.05, 0.1) is 46.0 Å². The first kappa shape index (κ1) is 28.7. The molecule has 0 radical (unpaired) electrons. The van der Waals surface area contributed by atoms with Crippen LogP contribution in [0, 0.1) is 5.92 Å². The van der Waals surface area contributed by atoms with Crippen molar-refractivity contribution >= 4 is 17.7 Å². The maximum atomic E-state index is 14.5. The van der Waals surface area contributed by atoms with Crippen LogP contribution >= 0.6 is 0 Å². The van der Waals surface area contributed by atoms with Gasteiger partial charge in [0.25, 0.3) is 0 Å². The van der Waals surface area contributed by atoms with E-state index in [1.165, 1.54) is 14.2 Å². The van der Waals surface area contributed by atoms with Crippen LogP contribution in [0.4, 0.5) is 0 Å². The number of carbonyl (C=O) groups is 3. The SMILES string of the molecule is CCOC(=O)C1=C(C)NC2=C(C(=O)[C@@H](C(=O)OCC)[C@H](c3cccc(OC)c3)C2)[C@@H]1c1cccc(OC)c1OC. The molecule has 2 aromatic rings. The number of hydrogen-bond donors (Lipinski definition) is 1. The molecule has 0 spiro atoms. The average molecular weight is 550 g/mol. The van der Waals surface area contributed by atoms with E-state index in [9.17, 15) is 14.4 Å². The Labute approximate surface area is 234 Å². The number of carbonyl (C=O) groups excluding carboxylic acids is 3. The maximum absolute atomic E-state index is 14.5. The summed E-state index contributed by atoms with van der Waals surface area (Å²) in [6.07, 6.45) is 0.327. The fraction of sp³-hybridized carbons (Fsp3) is 0.387. The molecule has 0 saturated heterocycles. The van der Waals surface area contributed by atoms with Gasteiger partial charge < -0.3 is 29.0 Å². The summed E-state index contributed by atoms with van der Waals surface area (Å²) in [5.74, 6) is -2.68. The van der Waals surface area contributed by atoms with Crippen molar-refractivity contribution in [3.63, 3.8) is 0 Å². The predicted octanol–water partition coefficient (Wildman–Crippen LogP) is 4.43. The summed E-state index contributed by atoms with van der Waals surface area (Å²) in [7, 11) is 4.58. The molecule has 0 amide bonds. The van der Waals surface area contributed by atoms with Crippen molar-refractivity contribution in [2.75, 3.05) is 34.5 Å². The number of para-hydroxylation sites is 1. The Bertz CT molecular complexity index is 1380. The van der Waals surface area contributed by atoms with Crippen molar-refractivity contribution < 1.29 is 38.1 Å². The van der Waals surface area contributed by atoms with Crippen LogP contribution in [0.5, 0.6) is 17.2 Å². The highest BCUT2D eigenvalue weighted by Gasteiger charge is 2.49. The fourth-order valence-electron chi connectivity index (χ4n) is 5.65. The number of benzene rings is 2. The first-order valence-electron chi connectivity index (χ1n) is 13.2. The van der Waals surface area contributed by atoms with Gasteiger partial charge in [0.15, 0.2) is 17.3 Å². The first-order valence-corrected chi connectivity index (χ1v) is 13.2. The summed E-state index contributed by atoms with van der Waals surface area (Å²) in [6.45, 7) is 5.47. The average Bonchev–Trinajstić information content (AvgIpc) is 2.95. The minimum atomic E-state index is -1.13. The summed E-state index contributed by atoms with van der Waals surface area (Å²) in [5, 5.41) is 3.31. The molecule has 1 N–H and O–H groups in total. The summed E-state index contributed by atoms with van der Waals surface area (Å²) in [4.78, 5) is 41.3. The molecule has 2 aromatic carbocycles. The van der Waals surface area contributed by atoms with Crippen molar-refractivity contribution in [2.24, 2.45) is 5.92 Å². The Morgan fingerprint density at radius 1 is 0.950 bits per heavy atom. The number of ether oxygens (including phenoxy) is 5. The van der Waals surface area contributed by atoms with E-state index < -0.39 is 35.5 Å². The third kappa shape index (κ3) is 5.15. The topological polar surface area (TPSA) is 109 Å². The standard InChI is InChI=1S/C31H35NO8/c1-7-39-30(34)24-17(3)32-22-16-21(18-11-9-12-19(15-18)36-4)26(31(35)40-8-2)28(33)27(22)25(24)20-13-10-14-23(37-5)29(20)38-6/h9-15,21,25-26,32H,7-8,16H2,1-6H3/t21-,25+,26-/m0/s1. The Morgan fingerprint density at radius 3 is 2.33 bits per heavy atom. The zero-order valence-corrected chi connectivity index (χ0v) is 23.7. The van der Waals surface area contributed by atoms with Gasteiger partial charge >= 0.3 is 11.9 Å². The quantitative estimate of drug-likeness (QED) is 0.359. The van der Waals surface area contributed by atoms with Crippen LogP contribution in [0.15, 0.2) is 65.0 Å². The van der Waals surface area contributed by atoms with Gasteiger partial charge in [-0.2, -0.15) is 0 Å². The van der Waals surface area contributed by atoms with Gasteiger partial charge in [-0.1, -0.05) is 24.3 Å². The Balaban J connectivity index is 1.96. The molecule has 3 atom stereocenters. The second-order valence-corrected chi connectivity index (χ2v) is 9.47. The molecule has 212 valence electrons. The van der Waals surface area contributed by atoms with E-state index in [4.69, 9.17) is 23.7 Å². The number of rotatable bonds is 9. The number of esters is 2. The lowest BCUT2D eigenvalue weighted by molar-refractivity contribution is -0.152. The van der Waals surface area contributed by atoms with Crippen molar-refractivity contribution in [1.29, 1.82) is 0 Å². The number of nitrogens with one attached hydrogen (secondary N) is 1. The van der Waals surface area contributed by atoms with Gasteiger partial charge in [-0.25, -0.2) is 4.79 Å². The van der Waals surface area contributed by atoms with E-state index in [1.54, 1.807) is 52.1 Å². The molecule has 0 aromatic heterocycles. The number of hydrogen-bond acceptors (Lipinski definition) is 9. The normalized spacial score (nSPS) is 20.4. The zero-order valence-electron chi connectivity index (χ0n) is 23.7. The molecule has 1 heterocycles. The van der Waals surface area contributed by atoms with Crippen LogP contribution in [-0.4, -0.2) is 52.3 Å². The van der Waals surface area contributed by atoms with Gasteiger partial charge in [0.2, 0.25) is 0 Å². The smallest absolute Gasteiger partial charge is 0.336 e. The van der Waals surface area contributed by atoms with Crippen LogP contribution in [0.25, 0.3) is 0 Å². The molecule has 0 bridgehead atoms. The number of ketones is 1. The monoisotopic (exact) mass is 549 g/mol. The fourth-order valence-corrected chi connectivity index (χ4v) is 5.65. The number of allylic oxidation sites excluding steroid dienone is 3. The van der Waals surface area contributed by atoms with Gasteiger partial charge in [0.1, 0.15) is 11.7 Å².